The van der Waals surface area contributed by atoms with E-state index in [2.05, 4.69) is 10.0 Å². The van der Waals surface area contributed by atoms with Gasteiger partial charge in [-0.25, -0.2) is 0 Å². The van der Waals surface area contributed by atoms with Crippen molar-refractivity contribution in [2.45, 2.75) is 0 Å². The molecule has 0 spiro atoms. The molecule has 1 unspecified atom stereocenters. The van der Waals surface area contributed by atoms with Crippen LogP contribution in [0.2, 0.25) is 0 Å². The second-order valence-electron chi connectivity index (χ2n) is 4.14. The molecule has 0 saturated heterocycles. The minimum atomic E-state index is -0.916. The van der Waals surface area contributed by atoms with Crippen molar-refractivity contribution in [2.75, 3.05) is 0 Å². The van der Waals surface area contributed by atoms with Gasteiger partial charge in [0.2, 0.25) is 0 Å². The molecule has 0 N–H and O–H groups in total. The number of hydrogen-bond donors (Lipinski definition) is 0. The summed E-state index contributed by atoms with van der Waals surface area (Å²) in [5, 5.41) is 3.40. The maximum absolute atomic E-state index is 12.0. The second-order valence-corrected chi connectivity index (χ2v) is 4.14. The van der Waals surface area contributed by atoms with Gasteiger partial charge in [0.25, 0.3) is 0 Å². The van der Waals surface area contributed by atoms with Crippen molar-refractivity contribution in [3.8, 4) is 0 Å². The van der Waals surface area contributed by atoms with E-state index in [4.69, 9.17) is 5.53 Å². The second kappa shape index (κ2) is 6.31. The molecule has 0 heterocycles. The van der Waals surface area contributed by atoms with Crippen LogP contribution in [0.15, 0.2) is 65.4 Å². The molecule has 1 aliphatic carbocycles. The molecular weight excluding hydrogens is 254 g/mol. The van der Waals surface area contributed by atoms with E-state index in [1.807, 2.05) is 30.3 Å². The van der Waals surface area contributed by atoms with Crippen LogP contribution >= 0.6 is 0 Å². The number of carbonyl (C=O) groups is 2. The number of ketones is 2. The first-order chi connectivity index (χ1) is 9.70. The Morgan fingerprint density at radius 1 is 1.25 bits per heavy atom. The quantitative estimate of drug-likeness (QED) is 0.275. The molecule has 2 rings (SSSR count). The fraction of sp³-hybridized carbons (Fsp3) is 0.0667. The summed E-state index contributed by atoms with van der Waals surface area (Å²) in [5.74, 6) is -1.57. The van der Waals surface area contributed by atoms with Crippen LogP contribution in [0.3, 0.4) is 0 Å². The summed E-state index contributed by atoms with van der Waals surface area (Å²) in [6.45, 7) is 0. The number of carbonyl (C=O) groups excluding carboxylic acids is 2. The van der Waals surface area contributed by atoms with Gasteiger partial charge in [0.15, 0.2) is 11.6 Å². The highest BCUT2D eigenvalue weighted by Gasteiger charge is 2.23. The van der Waals surface area contributed by atoms with Crippen molar-refractivity contribution < 1.29 is 9.59 Å². The first-order valence-electron chi connectivity index (χ1n) is 5.96. The zero-order valence-corrected chi connectivity index (χ0v) is 10.5. The van der Waals surface area contributed by atoms with Crippen LogP contribution in [0, 0.1) is 5.92 Å². The van der Waals surface area contributed by atoms with Crippen LogP contribution < -0.4 is 0 Å². The lowest BCUT2D eigenvalue weighted by atomic mass is 9.93. The smallest absolute Gasteiger partial charge is 0.170 e. The molecule has 20 heavy (non-hydrogen) atoms. The number of nitrogens with zero attached hydrogens (tertiary/aromatic N) is 3. The van der Waals surface area contributed by atoms with E-state index in [1.165, 1.54) is 24.3 Å². The fourth-order valence-electron chi connectivity index (χ4n) is 1.77. The Labute approximate surface area is 115 Å². The van der Waals surface area contributed by atoms with E-state index in [0.29, 0.717) is 0 Å². The lowest BCUT2D eigenvalue weighted by molar-refractivity contribution is -0.125. The molecule has 0 fully saturated rings. The molecule has 0 radical (unpaired) electrons. The van der Waals surface area contributed by atoms with E-state index in [0.717, 1.165) is 5.56 Å². The van der Waals surface area contributed by atoms with Crippen LogP contribution in [-0.2, 0) is 9.59 Å². The van der Waals surface area contributed by atoms with Gasteiger partial charge in [0.05, 0.1) is 0 Å². The molecule has 1 aromatic rings. The molecule has 98 valence electrons. The third-order valence-corrected chi connectivity index (χ3v) is 2.77. The Kier molecular flexibility index (Phi) is 4.27. The van der Waals surface area contributed by atoms with Crippen molar-refractivity contribution >= 4 is 17.6 Å². The fourth-order valence-corrected chi connectivity index (χ4v) is 1.77. The number of benzene rings is 1. The lowest BCUT2D eigenvalue weighted by Crippen LogP contribution is -2.21. The van der Waals surface area contributed by atoms with Gasteiger partial charge in [-0.15, -0.1) is 0 Å². The third kappa shape index (κ3) is 3.31. The first kappa shape index (κ1) is 13.5. The molecule has 1 aliphatic rings. The minimum absolute atomic E-state index is 0.276. The van der Waals surface area contributed by atoms with Crippen LogP contribution in [0.5, 0.6) is 0 Å². The molecule has 5 nitrogen and oxygen atoms in total. The van der Waals surface area contributed by atoms with Crippen molar-refractivity contribution in [3.05, 3.63) is 76.3 Å². The topological polar surface area (TPSA) is 82.9 Å². The summed E-state index contributed by atoms with van der Waals surface area (Å²) >= 11 is 0. The molecular formula is C15H11N3O2. The monoisotopic (exact) mass is 265 g/mol. The zero-order chi connectivity index (χ0) is 14.4. The summed E-state index contributed by atoms with van der Waals surface area (Å²) in [7, 11) is 0. The molecule has 1 aromatic carbocycles. The van der Waals surface area contributed by atoms with Crippen LogP contribution in [0.4, 0.5) is 0 Å². The maximum Gasteiger partial charge on any atom is 0.170 e. The number of hydrogen-bond acceptors (Lipinski definition) is 3. The molecule has 0 amide bonds. The Bertz CT molecular complexity index is 666. The molecule has 1 atom stereocenters. The van der Waals surface area contributed by atoms with Crippen molar-refractivity contribution in [2.24, 2.45) is 11.0 Å². The Morgan fingerprint density at radius 3 is 2.70 bits per heavy atom. The van der Waals surface area contributed by atoms with Gasteiger partial charge in [-0.2, -0.15) is 0 Å². The Hall–Kier alpha value is -2.91. The Balaban J connectivity index is 2.16. The van der Waals surface area contributed by atoms with Gasteiger partial charge in [0.1, 0.15) is 5.92 Å². The standard InChI is InChI=1S/C15H11N3O2/c16-18-17-12-7-9-15(20)13(10-12)14(19)8-6-11-4-2-1-3-5-11/h1-10,13H. The largest absolute Gasteiger partial charge is 0.294 e. The van der Waals surface area contributed by atoms with E-state index in [1.54, 1.807) is 6.08 Å². The maximum atomic E-state index is 12.0. The van der Waals surface area contributed by atoms with E-state index in [-0.39, 0.29) is 17.3 Å². The molecule has 0 aliphatic heterocycles. The van der Waals surface area contributed by atoms with Gasteiger partial charge in [-0.05, 0) is 29.3 Å². The molecule has 5 heteroatoms. The normalized spacial score (nSPS) is 17.7. The zero-order valence-electron chi connectivity index (χ0n) is 10.5. The highest BCUT2D eigenvalue weighted by molar-refractivity contribution is 6.14. The highest BCUT2D eigenvalue weighted by Crippen LogP contribution is 2.17. The SMILES string of the molecule is [N-]=[N+]=NC1=CC(C(=O)C=Cc2ccccc2)C(=O)C=C1. The van der Waals surface area contributed by atoms with Crippen molar-refractivity contribution in [3.63, 3.8) is 0 Å². The lowest BCUT2D eigenvalue weighted by Gasteiger charge is -2.10. The minimum Gasteiger partial charge on any atom is -0.294 e. The van der Waals surface area contributed by atoms with Crippen molar-refractivity contribution in [1.82, 2.24) is 0 Å². The van der Waals surface area contributed by atoms with Gasteiger partial charge in [-0.3, -0.25) is 9.59 Å². The molecule has 0 aromatic heterocycles. The summed E-state index contributed by atoms with van der Waals surface area (Å²) in [6.07, 6.45) is 7.03. The molecule has 0 saturated carbocycles. The summed E-state index contributed by atoms with van der Waals surface area (Å²) in [4.78, 5) is 26.3. The highest BCUT2D eigenvalue weighted by atomic mass is 16.1. The summed E-state index contributed by atoms with van der Waals surface area (Å²) in [5.41, 5.74) is 9.51. The molecule has 0 bridgehead atoms. The van der Waals surface area contributed by atoms with Crippen molar-refractivity contribution in [1.29, 1.82) is 0 Å². The summed E-state index contributed by atoms with van der Waals surface area (Å²) < 4.78 is 0. The van der Waals surface area contributed by atoms with E-state index in [9.17, 15) is 9.59 Å². The number of rotatable bonds is 4. The van der Waals surface area contributed by atoms with Gasteiger partial charge in [0, 0.05) is 10.6 Å². The van der Waals surface area contributed by atoms with Gasteiger partial charge < -0.3 is 0 Å². The average Bonchev–Trinajstić information content (AvgIpc) is 2.48. The summed E-state index contributed by atoms with van der Waals surface area (Å²) in [6, 6.07) is 9.31. The van der Waals surface area contributed by atoms with Gasteiger partial charge >= 0.3 is 0 Å². The van der Waals surface area contributed by atoms with Crippen LogP contribution in [0.1, 0.15) is 5.56 Å². The van der Waals surface area contributed by atoms with Crippen LogP contribution in [0.25, 0.3) is 16.5 Å². The predicted molar refractivity (Wildman–Crippen MR) is 75.3 cm³/mol. The average molecular weight is 265 g/mol. The third-order valence-electron chi connectivity index (χ3n) is 2.77. The first-order valence-corrected chi connectivity index (χ1v) is 5.96. The van der Waals surface area contributed by atoms with E-state index < -0.39 is 5.92 Å². The predicted octanol–water partition coefficient (Wildman–Crippen LogP) is 3.22. The number of allylic oxidation sites excluding steroid dienone is 4. The number of azide groups is 1. The van der Waals surface area contributed by atoms with Gasteiger partial charge in [-0.1, -0.05) is 47.6 Å². The Morgan fingerprint density at radius 2 is 2.00 bits per heavy atom. The van der Waals surface area contributed by atoms with E-state index >= 15 is 0 Å². The van der Waals surface area contributed by atoms with Crippen LogP contribution in [-0.4, -0.2) is 11.6 Å².